The van der Waals surface area contributed by atoms with E-state index in [9.17, 15) is 12.6 Å². The maximum atomic E-state index is 13.8. The first-order chi connectivity index (χ1) is 13.8. The molecular formula is C22H22F3N2OP. The summed E-state index contributed by atoms with van der Waals surface area (Å²) in [5, 5.41) is 0. The Morgan fingerprint density at radius 3 is 2.31 bits per heavy atom. The number of ether oxygens (including phenoxy) is 1. The molecular weight excluding hydrogens is 396 g/mol. The van der Waals surface area contributed by atoms with Gasteiger partial charge in [-0.15, -0.1) is 0 Å². The van der Waals surface area contributed by atoms with Crippen molar-refractivity contribution in [2.24, 2.45) is 0 Å². The number of nitrogen functional groups attached to an aromatic ring is 1. The Kier molecular flexibility index (Phi) is 4.91. The Hall–Kier alpha value is -2.72. The summed E-state index contributed by atoms with van der Waals surface area (Å²) in [5.74, 6) is 0.658. The molecule has 3 aromatic carbocycles. The van der Waals surface area contributed by atoms with E-state index in [-0.39, 0.29) is 0 Å². The van der Waals surface area contributed by atoms with Crippen molar-refractivity contribution in [1.29, 1.82) is 0 Å². The Balaban J connectivity index is 1.97. The van der Waals surface area contributed by atoms with Crippen LogP contribution in [0.5, 0.6) is 5.75 Å². The van der Waals surface area contributed by atoms with Crippen LogP contribution < -0.4 is 15.4 Å². The molecule has 0 aliphatic carbocycles. The van der Waals surface area contributed by atoms with E-state index >= 15 is 0 Å². The van der Waals surface area contributed by atoms with E-state index in [1.165, 1.54) is 4.90 Å². The number of methoxy groups -OCH3 is 1. The van der Waals surface area contributed by atoms with E-state index in [0.29, 0.717) is 17.1 Å². The fraction of sp³-hybridized carbons (Fsp3) is 0.182. The molecule has 29 heavy (non-hydrogen) atoms. The number of benzene rings is 3. The number of halogens is 3. The van der Waals surface area contributed by atoms with Crippen LogP contribution in [-0.2, 0) is 0 Å². The summed E-state index contributed by atoms with van der Waals surface area (Å²) in [7, 11) is -4.33. The summed E-state index contributed by atoms with van der Waals surface area (Å²) in [6, 6.07) is 17.8. The van der Waals surface area contributed by atoms with Crippen LogP contribution >= 0.6 is 8.19 Å². The van der Waals surface area contributed by atoms with Crippen molar-refractivity contribution in [3.63, 3.8) is 0 Å². The molecule has 3 nitrogen and oxygen atoms in total. The van der Waals surface area contributed by atoms with E-state index in [4.69, 9.17) is 10.5 Å². The number of anilines is 2. The summed E-state index contributed by atoms with van der Waals surface area (Å²) in [6.07, 6.45) is -0.922. The zero-order chi connectivity index (χ0) is 20.8. The first kappa shape index (κ1) is 19.6. The fourth-order valence-corrected chi connectivity index (χ4v) is 4.72. The number of hydrogen-bond donors (Lipinski definition) is 1. The fourth-order valence-electron chi connectivity index (χ4n) is 3.98. The van der Waals surface area contributed by atoms with Crippen LogP contribution in [-0.4, -0.2) is 13.4 Å². The van der Waals surface area contributed by atoms with Crippen molar-refractivity contribution in [1.82, 2.24) is 0 Å². The van der Waals surface area contributed by atoms with Crippen LogP contribution in [0.2, 0.25) is 0 Å². The average molecular weight is 418 g/mol. The molecule has 1 aliphatic heterocycles. The molecule has 0 radical (unpaired) electrons. The molecule has 152 valence electrons. The number of rotatable bonds is 4. The third-order valence-corrected chi connectivity index (χ3v) is 5.92. The predicted molar refractivity (Wildman–Crippen MR) is 115 cm³/mol. The minimum absolute atomic E-state index is 0.530. The predicted octanol–water partition coefficient (Wildman–Crippen LogP) is 6.52. The van der Waals surface area contributed by atoms with Gasteiger partial charge in [-0.05, 0) is 0 Å². The summed E-state index contributed by atoms with van der Waals surface area (Å²) < 4.78 is 46.5. The van der Waals surface area contributed by atoms with Gasteiger partial charge < -0.3 is 0 Å². The molecule has 1 unspecified atom stereocenters. The van der Waals surface area contributed by atoms with Crippen molar-refractivity contribution in [2.45, 2.75) is 13.0 Å². The molecule has 0 fully saturated rings. The van der Waals surface area contributed by atoms with Gasteiger partial charge in [0.1, 0.15) is 0 Å². The summed E-state index contributed by atoms with van der Waals surface area (Å²) >= 11 is 0. The standard InChI is InChI=1S/C22H22F3N2OP/c1-14-3-9-19-18-10-6-16(26)12-20(18)22(15-4-7-17(28-2)8-5-15)27(21(19)11-14)13-29(23,24)25/h3-12,22,29H,13,26H2,1-2H3. The number of hydrogen-bond acceptors (Lipinski definition) is 3. The van der Waals surface area contributed by atoms with Gasteiger partial charge in [0.05, 0.1) is 0 Å². The Morgan fingerprint density at radius 2 is 1.66 bits per heavy atom. The van der Waals surface area contributed by atoms with Gasteiger partial charge in [0.2, 0.25) is 0 Å². The first-order valence-corrected chi connectivity index (χ1v) is 11.1. The molecule has 0 saturated heterocycles. The maximum absolute atomic E-state index is 13.8. The number of nitrogens with two attached hydrogens (primary N) is 1. The molecule has 0 amide bonds. The molecule has 1 aliphatic rings. The molecule has 1 atom stereocenters. The van der Waals surface area contributed by atoms with Crippen LogP contribution in [0.25, 0.3) is 11.1 Å². The summed E-state index contributed by atoms with van der Waals surface area (Å²) in [5.41, 5.74) is 11.3. The SMILES string of the molecule is COc1ccc(C2c3cc(N)ccc3-c3ccc(C)cc3N2C[PH](F)(F)F)cc1. The monoisotopic (exact) mass is 418 g/mol. The minimum atomic E-state index is -5.89. The normalized spacial score (nSPS) is 16.2. The quantitative estimate of drug-likeness (QED) is 0.387. The van der Waals surface area contributed by atoms with Crippen molar-refractivity contribution in [3.05, 3.63) is 77.4 Å². The molecule has 0 spiro atoms. The second-order valence-corrected chi connectivity index (χ2v) is 8.83. The van der Waals surface area contributed by atoms with E-state index in [1.54, 1.807) is 31.4 Å². The van der Waals surface area contributed by atoms with Crippen molar-refractivity contribution in [3.8, 4) is 16.9 Å². The zero-order valence-corrected chi connectivity index (χ0v) is 17.1. The molecule has 3 aromatic rings. The van der Waals surface area contributed by atoms with Crippen molar-refractivity contribution >= 4 is 19.6 Å². The number of fused-ring (bicyclic) bond motifs is 3. The van der Waals surface area contributed by atoms with E-state index in [0.717, 1.165) is 27.8 Å². The van der Waals surface area contributed by atoms with Gasteiger partial charge in [-0.1, -0.05) is 0 Å². The Morgan fingerprint density at radius 1 is 0.966 bits per heavy atom. The van der Waals surface area contributed by atoms with Crippen molar-refractivity contribution < 1.29 is 17.3 Å². The second-order valence-electron chi connectivity index (χ2n) is 7.29. The van der Waals surface area contributed by atoms with Gasteiger partial charge >= 0.3 is 168 Å². The third kappa shape index (κ3) is 3.77. The molecule has 0 bridgehead atoms. The van der Waals surface area contributed by atoms with Crippen LogP contribution in [0, 0.1) is 6.92 Å². The van der Waals surface area contributed by atoms with Gasteiger partial charge in [-0.25, -0.2) is 0 Å². The van der Waals surface area contributed by atoms with Crippen LogP contribution in [0.1, 0.15) is 22.7 Å². The molecule has 2 N–H and O–H groups in total. The van der Waals surface area contributed by atoms with Crippen LogP contribution in [0.15, 0.2) is 60.7 Å². The van der Waals surface area contributed by atoms with Crippen LogP contribution in [0.3, 0.4) is 0 Å². The zero-order valence-electron chi connectivity index (χ0n) is 16.1. The third-order valence-electron chi connectivity index (χ3n) is 5.22. The molecule has 4 rings (SSSR count). The van der Waals surface area contributed by atoms with E-state index in [1.807, 2.05) is 43.3 Å². The van der Waals surface area contributed by atoms with Gasteiger partial charge in [-0.2, -0.15) is 0 Å². The molecule has 7 heteroatoms. The first-order valence-electron chi connectivity index (χ1n) is 9.24. The average Bonchev–Trinajstić information content (AvgIpc) is 2.67. The number of aryl methyl sites for hydroxylation is 1. The van der Waals surface area contributed by atoms with E-state index < -0.39 is 20.5 Å². The van der Waals surface area contributed by atoms with Gasteiger partial charge in [0.15, 0.2) is 0 Å². The summed E-state index contributed by atoms with van der Waals surface area (Å²) in [4.78, 5) is 1.48. The van der Waals surface area contributed by atoms with Gasteiger partial charge in [0, 0.05) is 0 Å². The van der Waals surface area contributed by atoms with Gasteiger partial charge in [-0.3, -0.25) is 0 Å². The molecule has 1 heterocycles. The Bertz CT molecular complexity index is 1050. The molecule has 0 saturated carbocycles. The van der Waals surface area contributed by atoms with E-state index in [2.05, 4.69) is 0 Å². The Labute approximate surface area is 168 Å². The topological polar surface area (TPSA) is 38.5 Å². The summed E-state index contributed by atoms with van der Waals surface area (Å²) in [6.45, 7) is 1.89. The van der Waals surface area contributed by atoms with Crippen molar-refractivity contribution in [2.75, 3.05) is 24.0 Å². The molecule has 0 aromatic heterocycles. The van der Waals surface area contributed by atoms with Crippen LogP contribution in [0.4, 0.5) is 24.0 Å². The second kappa shape index (κ2) is 7.27. The van der Waals surface area contributed by atoms with Gasteiger partial charge in [0.25, 0.3) is 0 Å². The number of nitrogens with zero attached hydrogens (tertiary/aromatic N) is 1.